The third-order valence-corrected chi connectivity index (χ3v) is 3.62. The third kappa shape index (κ3) is 2.42. The van der Waals surface area contributed by atoms with Gasteiger partial charge < -0.3 is 10.1 Å². The van der Waals surface area contributed by atoms with Crippen LogP contribution in [0.5, 0.6) is 0 Å². The molecule has 3 aromatic heterocycles. The Labute approximate surface area is 135 Å². The summed E-state index contributed by atoms with van der Waals surface area (Å²) in [5, 5.41) is 14.4. The van der Waals surface area contributed by atoms with Gasteiger partial charge >= 0.3 is 0 Å². The predicted octanol–water partition coefficient (Wildman–Crippen LogP) is 1.88. The SMILES string of the molecule is OCCc1nc(-c2ncnc3[nH]ccc23)n(-c2ccc(F)cc2)n1. The van der Waals surface area contributed by atoms with Crippen LogP contribution in [-0.2, 0) is 6.42 Å². The van der Waals surface area contributed by atoms with Crippen molar-refractivity contribution in [3.63, 3.8) is 0 Å². The van der Waals surface area contributed by atoms with Gasteiger partial charge in [-0.05, 0) is 30.3 Å². The average molecular weight is 324 g/mol. The van der Waals surface area contributed by atoms with E-state index in [0.29, 0.717) is 35.1 Å². The molecule has 120 valence electrons. The molecule has 4 rings (SSSR count). The first-order chi connectivity index (χ1) is 11.8. The number of nitrogens with zero attached hydrogens (tertiary/aromatic N) is 5. The van der Waals surface area contributed by atoms with Gasteiger partial charge in [0.1, 0.15) is 23.5 Å². The molecule has 0 atom stereocenters. The number of H-pyrrole nitrogens is 1. The van der Waals surface area contributed by atoms with Crippen LogP contribution in [0.15, 0.2) is 42.9 Å². The molecule has 8 heteroatoms. The molecular formula is C16H13FN6O. The Balaban J connectivity index is 1.93. The number of benzene rings is 1. The summed E-state index contributed by atoms with van der Waals surface area (Å²) in [5.74, 6) is 0.669. The van der Waals surface area contributed by atoms with Crippen molar-refractivity contribution in [1.82, 2.24) is 29.7 Å². The van der Waals surface area contributed by atoms with E-state index < -0.39 is 0 Å². The minimum Gasteiger partial charge on any atom is -0.396 e. The molecular weight excluding hydrogens is 311 g/mol. The first kappa shape index (κ1) is 14.5. The molecule has 0 aliphatic heterocycles. The minimum atomic E-state index is -0.328. The highest BCUT2D eigenvalue weighted by Gasteiger charge is 2.17. The zero-order chi connectivity index (χ0) is 16.5. The fourth-order valence-corrected chi connectivity index (χ4v) is 2.53. The molecule has 24 heavy (non-hydrogen) atoms. The van der Waals surface area contributed by atoms with Gasteiger partial charge in [0.15, 0.2) is 11.6 Å². The number of fused-ring (bicyclic) bond motifs is 1. The number of halogens is 1. The normalized spacial score (nSPS) is 11.2. The lowest BCUT2D eigenvalue weighted by Crippen LogP contribution is -2.02. The number of aliphatic hydroxyl groups is 1. The summed E-state index contributed by atoms with van der Waals surface area (Å²) >= 11 is 0. The van der Waals surface area contributed by atoms with Gasteiger partial charge in [-0.25, -0.2) is 24.0 Å². The van der Waals surface area contributed by atoms with E-state index in [9.17, 15) is 4.39 Å². The Morgan fingerprint density at radius 2 is 1.96 bits per heavy atom. The van der Waals surface area contributed by atoms with Gasteiger partial charge in [-0.2, -0.15) is 5.10 Å². The van der Waals surface area contributed by atoms with Gasteiger partial charge in [0.25, 0.3) is 0 Å². The summed E-state index contributed by atoms with van der Waals surface area (Å²) < 4.78 is 14.8. The van der Waals surface area contributed by atoms with E-state index in [0.717, 1.165) is 5.39 Å². The highest BCUT2D eigenvalue weighted by molar-refractivity contribution is 5.88. The topological polar surface area (TPSA) is 92.5 Å². The van der Waals surface area contributed by atoms with Crippen LogP contribution in [0.25, 0.3) is 28.2 Å². The van der Waals surface area contributed by atoms with Gasteiger partial charge in [-0.1, -0.05) is 0 Å². The maximum Gasteiger partial charge on any atom is 0.182 e. The maximum atomic E-state index is 13.2. The smallest absolute Gasteiger partial charge is 0.182 e. The second-order valence-corrected chi connectivity index (χ2v) is 5.18. The number of rotatable bonds is 4. The Hall–Kier alpha value is -3.13. The van der Waals surface area contributed by atoms with Crippen molar-refractivity contribution < 1.29 is 9.50 Å². The Bertz CT molecular complexity index is 991. The van der Waals surface area contributed by atoms with Crippen molar-refractivity contribution in [2.75, 3.05) is 6.61 Å². The van der Waals surface area contributed by atoms with Crippen LogP contribution in [-0.4, -0.2) is 41.4 Å². The molecule has 0 fully saturated rings. The van der Waals surface area contributed by atoms with E-state index in [2.05, 4.69) is 25.0 Å². The van der Waals surface area contributed by atoms with E-state index in [1.807, 2.05) is 6.07 Å². The summed E-state index contributed by atoms with van der Waals surface area (Å²) in [6.07, 6.45) is 3.54. The van der Waals surface area contributed by atoms with Crippen molar-refractivity contribution in [1.29, 1.82) is 0 Å². The molecule has 0 spiro atoms. The Morgan fingerprint density at radius 3 is 2.75 bits per heavy atom. The summed E-state index contributed by atoms with van der Waals surface area (Å²) in [6, 6.07) is 7.81. The third-order valence-electron chi connectivity index (χ3n) is 3.62. The number of aromatic amines is 1. The number of aromatic nitrogens is 6. The first-order valence-electron chi connectivity index (χ1n) is 7.37. The van der Waals surface area contributed by atoms with Crippen LogP contribution < -0.4 is 0 Å². The average Bonchev–Trinajstić information content (AvgIpc) is 3.22. The summed E-state index contributed by atoms with van der Waals surface area (Å²) in [4.78, 5) is 16.0. The largest absolute Gasteiger partial charge is 0.396 e. The van der Waals surface area contributed by atoms with Crippen molar-refractivity contribution in [3.05, 3.63) is 54.5 Å². The Morgan fingerprint density at radius 1 is 1.12 bits per heavy atom. The highest BCUT2D eigenvalue weighted by atomic mass is 19.1. The van der Waals surface area contributed by atoms with E-state index in [-0.39, 0.29) is 12.4 Å². The van der Waals surface area contributed by atoms with Gasteiger partial charge in [-0.3, -0.25) is 0 Å². The molecule has 7 nitrogen and oxygen atoms in total. The van der Waals surface area contributed by atoms with Crippen molar-refractivity contribution in [3.8, 4) is 17.2 Å². The zero-order valence-electron chi connectivity index (χ0n) is 12.5. The van der Waals surface area contributed by atoms with Crippen molar-refractivity contribution in [2.45, 2.75) is 6.42 Å². The van der Waals surface area contributed by atoms with Crippen LogP contribution >= 0.6 is 0 Å². The molecule has 4 aromatic rings. The number of aliphatic hydroxyl groups excluding tert-OH is 1. The Kier molecular flexibility index (Phi) is 3.51. The lowest BCUT2D eigenvalue weighted by Gasteiger charge is -2.06. The first-order valence-corrected chi connectivity index (χ1v) is 7.37. The molecule has 3 heterocycles. The van der Waals surface area contributed by atoms with Crippen LogP contribution in [0.4, 0.5) is 4.39 Å². The molecule has 0 bridgehead atoms. The standard InChI is InChI=1S/C16H13FN6O/c17-10-1-3-11(4-2-10)23-16(21-13(22-23)6-8-24)14-12-5-7-18-15(12)20-9-19-14/h1-5,7,9,24H,6,8H2,(H,18,19,20). The monoisotopic (exact) mass is 324 g/mol. The van der Waals surface area contributed by atoms with Crippen LogP contribution in [0.1, 0.15) is 5.82 Å². The van der Waals surface area contributed by atoms with Crippen LogP contribution in [0, 0.1) is 5.82 Å². The summed E-state index contributed by atoms with van der Waals surface area (Å²) in [6.45, 7) is -0.0593. The fourth-order valence-electron chi connectivity index (χ4n) is 2.53. The second kappa shape index (κ2) is 5.82. The molecule has 0 unspecified atom stereocenters. The van der Waals surface area contributed by atoms with Crippen LogP contribution in [0.2, 0.25) is 0 Å². The van der Waals surface area contributed by atoms with Gasteiger partial charge in [0.05, 0.1) is 12.3 Å². The highest BCUT2D eigenvalue weighted by Crippen LogP contribution is 2.25. The molecule has 0 aliphatic rings. The molecule has 0 aliphatic carbocycles. The lowest BCUT2D eigenvalue weighted by molar-refractivity contribution is 0.296. The predicted molar refractivity (Wildman–Crippen MR) is 85.0 cm³/mol. The molecule has 0 saturated heterocycles. The lowest BCUT2D eigenvalue weighted by atomic mass is 10.2. The van der Waals surface area contributed by atoms with E-state index in [1.54, 1.807) is 23.0 Å². The number of hydrogen-bond donors (Lipinski definition) is 2. The van der Waals surface area contributed by atoms with E-state index >= 15 is 0 Å². The van der Waals surface area contributed by atoms with Crippen LogP contribution in [0.3, 0.4) is 0 Å². The zero-order valence-corrected chi connectivity index (χ0v) is 12.5. The summed E-state index contributed by atoms with van der Waals surface area (Å²) in [7, 11) is 0. The number of hydrogen-bond acceptors (Lipinski definition) is 5. The van der Waals surface area contributed by atoms with Gasteiger partial charge in [0.2, 0.25) is 0 Å². The van der Waals surface area contributed by atoms with E-state index in [4.69, 9.17) is 5.11 Å². The van der Waals surface area contributed by atoms with Crippen molar-refractivity contribution >= 4 is 11.0 Å². The molecule has 0 radical (unpaired) electrons. The molecule has 0 saturated carbocycles. The van der Waals surface area contributed by atoms with E-state index in [1.165, 1.54) is 18.5 Å². The maximum absolute atomic E-state index is 13.2. The minimum absolute atomic E-state index is 0.0593. The fraction of sp³-hybridized carbons (Fsp3) is 0.125. The molecule has 2 N–H and O–H groups in total. The molecule has 1 aromatic carbocycles. The van der Waals surface area contributed by atoms with Crippen molar-refractivity contribution in [2.24, 2.45) is 0 Å². The van der Waals surface area contributed by atoms with Gasteiger partial charge in [-0.15, -0.1) is 0 Å². The van der Waals surface area contributed by atoms with Gasteiger partial charge in [0, 0.05) is 18.0 Å². The second-order valence-electron chi connectivity index (χ2n) is 5.18. The quantitative estimate of drug-likeness (QED) is 0.598. The summed E-state index contributed by atoms with van der Waals surface area (Å²) in [5.41, 5.74) is 1.96. The molecule has 0 amide bonds. The number of nitrogens with one attached hydrogen (secondary N) is 1.